The summed E-state index contributed by atoms with van der Waals surface area (Å²) in [5, 5.41) is 47.6. The Labute approximate surface area is 270 Å². The lowest BCUT2D eigenvalue weighted by Gasteiger charge is -2.39. The highest BCUT2D eigenvalue weighted by Gasteiger charge is 2.54. The van der Waals surface area contributed by atoms with Gasteiger partial charge >= 0.3 is 5.97 Å². The van der Waals surface area contributed by atoms with Gasteiger partial charge in [-0.15, -0.1) is 0 Å². The van der Waals surface area contributed by atoms with Crippen LogP contribution in [0.1, 0.15) is 96.5 Å². The monoisotopic (exact) mass is 625 g/mol. The fourth-order valence-electron chi connectivity index (χ4n) is 8.50. The van der Waals surface area contributed by atoms with Crippen molar-refractivity contribution in [2.75, 3.05) is 18.8 Å². The van der Waals surface area contributed by atoms with Gasteiger partial charge in [0.2, 0.25) is 0 Å². The van der Waals surface area contributed by atoms with Crippen LogP contribution in [0.2, 0.25) is 0 Å². The van der Waals surface area contributed by atoms with Crippen molar-refractivity contribution in [2.24, 2.45) is 41.4 Å². The maximum absolute atomic E-state index is 12.3. The van der Waals surface area contributed by atoms with Crippen molar-refractivity contribution < 1.29 is 25.2 Å². The number of nitrogen functional groups attached to an aromatic ring is 1. The normalized spacial score (nSPS) is 32.3. The fraction of sp³-hybridized carbons (Fsp3) is 0.730. The minimum Gasteiger partial charge on any atom is -0.481 e. The molecule has 0 aromatic carbocycles. The van der Waals surface area contributed by atoms with Crippen molar-refractivity contribution in [3.63, 3.8) is 0 Å². The molecule has 0 bridgehead atoms. The minimum atomic E-state index is -1.05. The molecule has 7 N–H and O–H groups in total. The number of fused-ring (bicyclic) bond motifs is 1. The Bertz CT molecular complexity index is 1130. The fourth-order valence-corrected chi connectivity index (χ4v) is 8.50. The first-order valence-corrected chi connectivity index (χ1v) is 17.7. The zero-order valence-corrected chi connectivity index (χ0v) is 27.6. The van der Waals surface area contributed by atoms with Gasteiger partial charge in [0, 0.05) is 24.0 Å². The number of nitrogens with one attached hydrogen (secondary N) is 1. The zero-order chi connectivity index (χ0) is 32.4. The van der Waals surface area contributed by atoms with Crippen LogP contribution in [0, 0.1) is 41.4 Å². The summed E-state index contributed by atoms with van der Waals surface area (Å²) in [5.74, 6) is -0.740. The van der Waals surface area contributed by atoms with Gasteiger partial charge in [-0.05, 0) is 93.5 Å². The highest BCUT2D eigenvalue weighted by molar-refractivity contribution is 5.70. The first-order valence-electron chi connectivity index (χ1n) is 17.7. The molecule has 3 aliphatic carbocycles. The van der Waals surface area contributed by atoms with Crippen LogP contribution in [0.4, 0.5) is 5.82 Å². The lowest BCUT2D eigenvalue weighted by Crippen LogP contribution is -2.44. The predicted octanol–water partition coefficient (Wildman–Crippen LogP) is 5.52. The zero-order valence-electron chi connectivity index (χ0n) is 27.6. The maximum atomic E-state index is 12.3. The Hall–Kier alpha value is -2.26. The Kier molecular flexibility index (Phi) is 13.5. The van der Waals surface area contributed by atoms with E-state index in [1.807, 2.05) is 18.2 Å². The van der Waals surface area contributed by atoms with Gasteiger partial charge in [0.1, 0.15) is 5.82 Å². The first-order chi connectivity index (χ1) is 21.6. The van der Waals surface area contributed by atoms with Crippen LogP contribution in [-0.2, 0) is 11.2 Å². The summed E-state index contributed by atoms with van der Waals surface area (Å²) in [5.41, 5.74) is 6.05. The highest BCUT2D eigenvalue weighted by Crippen LogP contribution is 2.52. The lowest BCUT2D eigenvalue weighted by molar-refractivity contribution is -0.148. The molecule has 10 atom stereocenters. The average molecular weight is 626 g/mol. The molecule has 1 heterocycles. The molecule has 45 heavy (non-hydrogen) atoms. The van der Waals surface area contributed by atoms with Crippen LogP contribution < -0.4 is 11.1 Å². The van der Waals surface area contributed by atoms with E-state index in [9.17, 15) is 25.2 Å². The number of unbranched alkanes of at least 4 members (excludes halogenated alkanes) is 4. The van der Waals surface area contributed by atoms with E-state index in [1.54, 1.807) is 6.20 Å². The molecule has 0 unspecified atom stereocenters. The first kappa shape index (κ1) is 35.6. The summed E-state index contributed by atoms with van der Waals surface area (Å²) < 4.78 is 0. The lowest BCUT2D eigenvalue weighted by atomic mass is 9.70. The number of carboxylic acids is 1. The quantitative estimate of drug-likeness (QED) is 0.0923. The third kappa shape index (κ3) is 9.63. The van der Waals surface area contributed by atoms with Gasteiger partial charge < -0.3 is 31.5 Å². The summed E-state index contributed by atoms with van der Waals surface area (Å²) >= 11 is 0. The van der Waals surface area contributed by atoms with E-state index in [-0.39, 0.29) is 29.8 Å². The van der Waals surface area contributed by atoms with E-state index in [0.29, 0.717) is 37.4 Å². The number of hydrogen-bond donors (Lipinski definition) is 6. The number of carboxylic acid groups (broad SMARTS) is 1. The molecule has 1 saturated carbocycles. The van der Waals surface area contributed by atoms with E-state index in [4.69, 9.17) is 5.73 Å². The van der Waals surface area contributed by atoms with Crippen molar-refractivity contribution >= 4 is 11.8 Å². The summed E-state index contributed by atoms with van der Waals surface area (Å²) in [7, 11) is 0. The Balaban J connectivity index is 1.30. The van der Waals surface area contributed by atoms with Crippen molar-refractivity contribution in [2.45, 2.75) is 115 Å². The Morgan fingerprint density at radius 1 is 1.09 bits per heavy atom. The second-order valence-corrected chi connectivity index (χ2v) is 14.3. The van der Waals surface area contributed by atoms with E-state index < -0.39 is 29.5 Å². The van der Waals surface area contributed by atoms with Crippen LogP contribution in [0.25, 0.3) is 0 Å². The van der Waals surface area contributed by atoms with Crippen LogP contribution in [0.3, 0.4) is 0 Å². The van der Waals surface area contributed by atoms with E-state index >= 15 is 0 Å². The number of aliphatic hydroxyl groups excluding tert-OH is 2. The molecule has 1 aromatic heterocycles. The molecule has 8 nitrogen and oxygen atoms in total. The molecule has 3 aliphatic rings. The number of aliphatic hydroxyl groups is 3. The van der Waals surface area contributed by atoms with Crippen LogP contribution in [-0.4, -0.2) is 62.3 Å². The number of carbonyl (C=O) groups is 1. The number of pyridine rings is 1. The molecular weight excluding hydrogens is 566 g/mol. The van der Waals surface area contributed by atoms with Crippen molar-refractivity contribution in [3.05, 3.63) is 48.2 Å². The van der Waals surface area contributed by atoms with Gasteiger partial charge in [-0.2, -0.15) is 0 Å². The van der Waals surface area contributed by atoms with E-state index in [1.165, 1.54) is 19.3 Å². The molecule has 0 aliphatic heterocycles. The average Bonchev–Trinajstić information content (AvgIpc) is 3.28. The number of anilines is 1. The second-order valence-electron chi connectivity index (χ2n) is 14.3. The molecule has 0 radical (unpaired) electrons. The molecule has 1 aromatic rings. The second kappa shape index (κ2) is 17.1. The van der Waals surface area contributed by atoms with E-state index in [2.05, 4.69) is 42.4 Å². The van der Waals surface area contributed by atoms with Crippen molar-refractivity contribution in [1.29, 1.82) is 0 Å². The number of hydrogen-bond acceptors (Lipinski definition) is 7. The van der Waals surface area contributed by atoms with E-state index in [0.717, 1.165) is 57.2 Å². The van der Waals surface area contributed by atoms with Gasteiger partial charge in [-0.1, -0.05) is 76.7 Å². The van der Waals surface area contributed by atoms with Gasteiger partial charge in [0.25, 0.3) is 0 Å². The highest BCUT2D eigenvalue weighted by atomic mass is 16.4. The summed E-state index contributed by atoms with van der Waals surface area (Å²) in [6.45, 7) is 5.94. The summed E-state index contributed by atoms with van der Waals surface area (Å²) in [6, 6.07) is 3.88. The van der Waals surface area contributed by atoms with Gasteiger partial charge in [-0.3, -0.25) is 4.79 Å². The standard InChI is InChI=1S/C37H59N3O5/c1-3-5-7-10-25-13-14-27(33(41)20-25)11-8-6-9-12-30(36(43)44)35(42)28-15-16-32-31(19-26-17-18-40-34(38)21-26)29(24-39-4-2)23-37(32,45)22-28/h13-18,21,25,27-33,35,39,41-42,45H,3-12,19-20,22-24H2,1-2H3,(H2,38,40)(H,43,44)/t25-,27-,28-,29-,30+,31-,32+,33-,35-,37-/m1/s1. The molecule has 4 rings (SSSR count). The molecule has 0 amide bonds. The summed E-state index contributed by atoms with van der Waals surface area (Å²) in [6.07, 6.45) is 20.1. The number of allylic oxidation sites excluding steroid dienone is 1. The predicted molar refractivity (Wildman–Crippen MR) is 179 cm³/mol. The van der Waals surface area contributed by atoms with Gasteiger partial charge in [0.15, 0.2) is 0 Å². The number of aromatic nitrogens is 1. The maximum Gasteiger partial charge on any atom is 0.309 e. The topological polar surface area (TPSA) is 149 Å². The van der Waals surface area contributed by atoms with Crippen LogP contribution in [0.15, 0.2) is 42.6 Å². The molecule has 0 spiro atoms. The SMILES string of the molecule is CCCCC[C@@H]1C=C[C@@H](CCCCC[C@H](C(=O)O)[C@H](O)[C@@H]2C=C[C@H]3[C@H](Cc4ccnc(N)c4)[C@@H](CNCC)C[C@]3(O)C2)[C@H](O)C1. The number of aliphatic carboxylic acids is 1. The molecular formula is C37H59N3O5. The summed E-state index contributed by atoms with van der Waals surface area (Å²) in [4.78, 5) is 16.4. The van der Waals surface area contributed by atoms with Gasteiger partial charge in [-0.25, -0.2) is 4.98 Å². The minimum absolute atomic E-state index is 0.0712. The molecule has 1 fully saturated rings. The largest absolute Gasteiger partial charge is 0.481 e. The van der Waals surface area contributed by atoms with Crippen LogP contribution >= 0.6 is 0 Å². The van der Waals surface area contributed by atoms with Crippen LogP contribution in [0.5, 0.6) is 0 Å². The molecule has 8 heteroatoms. The van der Waals surface area contributed by atoms with Crippen molar-refractivity contribution in [3.8, 4) is 0 Å². The van der Waals surface area contributed by atoms with Crippen molar-refractivity contribution in [1.82, 2.24) is 10.3 Å². The Morgan fingerprint density at radius 2 is 1.89 bits per heavy atom. The smallest absolute Gasteiger partial charge is 0.309 e. The third-order valence-electron chi connectivity index (χ3n) is 11.0. The molecule has 252 valence electrons. The molecule has 0 saturated heterocycles. The van der Waals surface area contributed by atoms with Gasteiger partial charge in [0.05, 0.1) is 23.7 Å². The number of nitrogens with zero attached hydrogens (tertiary/aromatic N) is 1. The third-order valence-corrected chi connectivity index (χ3v) is 11.0. The number of rotatable bonds is 18. The Morgan fingerprint density at radius 3 is 2.60 bits per heavy atom. The number of nitrogens with two attached hydrogens (primary N) is 1.